The molecule has 0 saturated heterocycles. The lowest BCUT2D eigenvalue weighted by Crippen LogP contribution is -2.18. The highest BCUT2D eigenvalue weighted by Gasteiger charge is 2.37. The third-order valence-electron chi connectivity index (χ3n) is 3.52. The van der Waals surface area contributed by atoms with Crippen LogP contribution in [0.2, 0.25) is 0 Å². The molecule has 0 aliphatic heterocycles. The minimum Gasteiger partial charge on any atom is -0.168 e. The van der Waals surface area contributed by atoms with Crippen molar-refractivity contribution in [2.75, 3.05) is 6.61 Å². The molecule has 0 amide bonds. The highest BCUT2D eigenvalue weighted by Crippen LogP contribution is 2.36. The fraction of sp³-hybridized carbons (Fsp3) is 0.571. The van der Waals surface area contributed by atoms with Crippen molar-refractivity contribution in [1.82, 2.24) is 0 Å². The first-order valence-corrected chi connectivity index (χ1v) is 7.91. The Morgan fingerprint density at radius 3 is 2.45 bits per heavy atom. The van der Waals surface area contributed by atoms with Crippen LogP contribution in [0.1, 0.15) is 43.6 Å². The summed E-state index contributed by atoms with van der Waals surface area (Å²) in [5.74, 6) is 0.286. The van der Waals surface area contributed by atoms with Gasteiger partial charge in [0.05, 0.1) is 0 Å². The molecule has 1 aromatic rings. The van der Waals surface area contributed by atoms with Crippen LogP contribution in [0.25, 0.3) is 0 Å². The van der Waals surface area contributed by atoms with Crippen LogP contribution in [0.3, 0.4) is 0 Å². The second kappa shape index (κ2) is 6.68. The summed E-state index contributed by atoms with van der Waals surface area (Å²) in [5.41, 5.74) is 0.885. The van der Waals surface area contributed by atoms with Gasteiger partial charge in [-0.1, -0.05) is 37.5 Å². The first kappa shape index (κ1) is 15.5. The Morgan fingerprint density at radius 2 is 1.80 bits per heavy atom. The van der Waals surface area contributed by atoms with Crippen LogP contribution >= 0.6 is 8.03 Å². The summed E-state index contributed by atoms with van der Waals surface area (Å²) in [7, 11) is -2.46. The van der Waals surface area contributed by atoms with E-state index in [1.165, 1.54) is 6.42 Å². The summed E-state index contributed by atoms with van der Waals surface area (Å²) >= 11 is 0. The molecule has 6 heteroatoms. The van der Waals surface area contributed by atoms with Gasteiger partial charge in [0.15, 0.2) is 6.61 Å². The van der Waals surface area contributed by atoms with Crippen LogP contribution in [0.4, 0.5) is 13.2 Å². The molecule has 20 heavy (non-hydrogen) atoms. The molecule has 1 aliphatic rings. The zero-order valence-electron chi connectivity index (χ0n) is 11.0. The first-order valence-electron chi connectivity index (χ1n) is 6.73. The predicted molar refractivity (Wildman–Crippen MR) is 71.5 cm³/mol. The van der Waals surface area contributed by atoms with Crippen LogP contribution in [0.15, 0.2) is 24.3 Å². The molecule has 1 fully saturated rings. The van der Waals surface area contributed by atoms with Crippen LogP contribution in [0, 0.1) is 0 Å². The lowest BCUT2D eigenvalue weighted by Gasteiger charge is -2.21. The van der Waals surface area contributed by atoms with E-state index in [1.54, 1.807) is 12.1 Å². The van der Waals surface area contributed by atoms with Crippen molar-refractivity contribution >= 4 is 13.3 Å². The van der Waals surface area contributed by atoms with E-state index in [1.807, 2.05) is 12.1 Å². The molecule has 1 atom stereocenters. The molecule has 0 N–H and O–H groups in total. The molecule has 110 valence electrons. The molecule has 1 aromatic carbocycles. The van der Waals surface area contributed by atoms with Gasteiger partial charge in [-0.15, -0.1) is 4.52 Å². The fourth-order valence-corrected chi connectivity index (χ4v) is 3.69. The highest BCUT2D eigenvalue weighted by molar-refractivity contribution is 7.48. The van der Waals surface area contributed by atoms with Crippen molar-refractivity contribution in [3.05, 3.63) is 29.8 Å². The maximum atomic E-state index is 12.1. The summed E-state index contributed by atoms with van der Waals surface area (Å²) in [6.45, 7) is -1.47. The standard InChI is InChI=1S/C14H17F3O2P/c15-14(16,17)10-19-20(18)13-9-5-4-8-12(13)11-6-2-1-3-7-11/h4-5,8-9,11H,1-3,6-7,10H2/q+1. The Kier molecular flexibility index (Phi) is 5.17. The molecule has 1 aliphatic carbocycles. The van der Waals surface area contributed by atoms with Gasteiger partial charge in [-0.3, -0.25) is 0 Å². The van der Waals surface area contributed by atoms with Crippen LogP contribution in [-0.2, 0) is 9.09 Å². The minimum atomic E-state index is -4.45. The Morgan fingerprint density at radius 1 is 1.15 bits per heavy atom. The molecule has 2 rings (SSSR count). The van der Waals surface area contributed by atoms with Gasteiger partial charge < -0.3 is 0 Å². The molecular formula is C14H17F3O2P+. The second-order valence-electron chi connectivity index (χ2n) is 5.04. The van der Waals surface area contributed by atoms with E-state index >= 15 is 0 Å². The molecule has 0 spiro atoms. The molecule has 0 heterocycles. The predicted octanol–water partition coefficient (Wildman–Crippen LogP) is 4.68. The molecule has 0 radical (unpaired) electrons. The number of halogens is 3. The number of rotatable bonds is 4. The molecule has 2 nitrogen and oxygen atoms in total. The van der Waals surface area contributed by atoms with E-state index in [0.717, 1.165) is 31.2 Å². The Hall–Kier alpha value is -0.930. The maximum absolute atomic E-state index is 12.1. The average molecular weight is 305 g/mol. The van der Waals surface area contributed by atoms with Gasteiger partial charge >= 0.3 is 14.2 Å². The van der Waals surface area contributed by atoms with Gasteiger partial charge in [0, 0.05) is 5.56 Å². The van der Waals surface area contributed by atoms with Crippen LogP contribution in [-0.4, -0.2) is 12.8 Å². The van der Waals surface area contributed by atoms with Gasteiger partial charge in [-0.2, -0.15) is 13.2 Å². The van der Waals surface area contributed by atoms with Gasteiger partial charge in [-0.05, 0) is 29.4 Å². The lowest BCUT2D eigenvalue weighted by atomic mass is 9.84. The third kappa shape index (κ3) is 4.29. The van der Waals surface area contributed by atoms with E-state index in [2.05, 4.69) is 4.52 Å². The lowest BCUT2D eigenvalue weighted by molar-refractivity contribution is -0.152. The van der Waals surface area contributed by atoms with Gasteiger partial charge in [-0.25, -0.2) is 0 Å². The van der Waals surface area contributed by atoms with Crippen molar-refractivity contribution in [2.24, 2.45) is 0 Å². The van der Waals surface area contributed by atoms with Gasteiger partial charge in [0.2, 0.25) is 5.30 Å². The quantitative estimate of drug-likeness (QED) is 0.755. The summed E-state index contributed by atoms with van der Waals surface area (Å²) in [6, 6.07) is 6.99. The van der Waals surface area contributed by atoms with E-state index in [4.69, 9.17) is 0 Å². The summed E-state index contributed by atoms with van der Waals surface area (Å²) in [6.07, 6.45) is 0.956. The molecule has 1 unspecified atom stereocenters. The van der Waals surface area contributed by atoms with Gasteiger partial charge in [0.1, 0.15) is 0 Å². The smallest absolute Gasteiger partial charge is 0.168 e. The largest absolute Gasteiger partial charge is 0.549 e. The van der Waals surface area contributed by atoms with Gasteiger partial charge in [0.25, 0.3) is 0 Å². The second-order valence-corrected chi connectivity index (χ2v) is 6.29. The number of benzene rings is 1. The van der Waals surface area contributed by atoms with Crippen molar-refractivity contribution in [3.63, 3.8) is 0 Å². The molecule has 1 saturated carbocycles. The zero-order chi connectivity index (χ0) is 14.6. The molecule has 0 bridgehead atoms. The normalized spacial score (nSPS) is 18.1. The zero-order valence-corrected chi connectivity index (χ0v) is 11.9. The Labute approximate surface area is 117 Å². The van der Waals surface area contributed by atoms with E-state index in [0.29, 0.717) is 5.30 Å². The third-order valence-corrected chi connectivity index (χ3v) is 4.69. The Balaban J connectivity index is 2.12. The topological polar surface area (TPSA) is 26.3 Å². The van der Waals surface area contributed by atoms with E-state index < -0.39 is 20.8 Å². The maximum Gasteiger partial charge on any atom is 0.549 e. The van der Waals surface area contributed by atoms with Crippen LogP contribution in [0.5, 0.6) is 0 Å². The van der Waals surface area contributed by atoms with E-state index in [-0.39, 0.29) is 5.92 Å². The van der Waals surface area contributed by atoms with Crippen molar-refractivity contribution in [2.45, 2.75) is 44.2 Å². The summed E-state index contributed by atoms with van der Waals surface area (Å²) in [4.78, 5) is 0. The monoisotopic (exact) mass is 305 g/mol. The SMILES string of the molecule is O=[P+](OCC(F)(F)F)c1ccccc1C1CCCCC1. The van der Waals surface area contributed by atoms with Crippen molar-refractivity contribution in [1.29, 1.82) is 0 Å². The van der Waals surface area contributed by atoms with Crippen LogP contribution < -0.4 is 5.30 Å². The van der Waals surface area contributed by atoms with Crippen molar-refractivity contribution < 1.29 is 22.3 Å². The molecule has 0 aromatic heterocycles. The molecular weight excluding hydrogens is 288 g/mol. The summed E-state index contributed by atoms with van der Waals surface area (Å²) < 4.78 is 52.9. The Bertz CT molecular complexity index is 468. The minimum absolute atomic E-state index is 0.286. The first-order chi connectivity index (χ1) is 9.47. The fourth-order valence-electron chi connectivity index (χ4n) is 2.61. The number of hydrogen-bond acceptors (Lipinski definition) is 2. The number of alkyl halides is 3. The number of hydrogen-bond donors (Lipinski definition) is 0. The average Bonchev–Trinajstić information content (AvgIpc) is 2.45. The highest BCUT2D eigenvalue weighted by atomic mass is 31.1. The van der Waals surface area contributed by atoms with Crippen molar-refractivity contribution in [3.8, 4) is 0 Å². The van der Waals surface area contributed by atoms with E-state index in [9.17, 15) is 17.7 Å². The summed E-state index contributed by atoms with van der Waals surface area (Å²) in [5, 5.41) is 0.415.